The van der Waals surface area contributed by atoms with E-state index < -0.39 is 30.6 Å². The van der Waals surface area contributed by atoms with Gasteiger partial charge in [0.25, 0.3) is 0 Å². The van der Waals surface area contributed by atoms with Crippen LogP contribution in [0.15, 0.2) is 20.6 Å². The summed E-state index contributed by atoms with van der Waals surface area (Å²) in [5.41, 5.74) is 2.87. The van der Waals surface area contributed by atoms with Gasteiger partial charge in [-0.15, -0.1) is 0 Å². The maximum absolute atomic E-state index is 11.4. The van der Waals surface area contributed by atoms with Crippen LogP contribution < -0.4 is 5.11 Å². The molecule has 1 aliphatic carbocycles. The summed E-state index contributed by atoms with van der Waals surface area (Å²) in [6.07, 6.45) is 10.1. The Hall–Kier alpha value is -1.79. The van der Waals surface area contributed by atoms with E-state index in [0.717, 1.165) is 27.7 Å². The Balaban J connectivity index is 0.00000232. The normalized spacial score (nSPS) is 15.0. The van der Waals surface area contributed by atoms with E-state index in [1.807, 2.05) is 46.5 Å². The molecule has 122 valence electrons. The van der Waals surface area contributed by atoms with E-state index in [4.69, 9.17) is 24.6 Å². The zero-order valence-electron chi connectivity index (χ0n) is 14.2. The van der Waals surface area contributed by atoms with Crippen LogP contribution in [0.25, 0.3) is 0 Å². The van der Waals surface area contributed by atoms with Gasteiger partial charge in [0.15, 0.2) is 0 Å². The predicted octanol–water partition coefficient (Wildman–Crippen LogP) is 1.41. The van der Waals surface area contributed by atoms with Crippen molar-refractivity contribution in [2.45, 2.75) is 34.6 Å². The molecule has 0 atom stereocenters. The molecule has 0 unspecified atom stereocenters. The van der Waals surface area contributed by atoms with Gasteiger partial charge in [-0.1, -0.05) is 0 Å². The molecule has 0 aromatic rings. The molecule has 0 heterocycles. The van der Waals surface area contributed by atoms with Crippen molar-refractivity contribution < 1.29 is 40.0 Å². The van der Waals surface area contributed by atoms with Crippen LogP contribution >= 0.6 is 0 Å². The number of carbonyl (C=O) groups excluding carboxylic acids is 2. The summed E-state index contributed by atoms with van der Waals surface area (Å²) in [6.45, 7) is 9.91. The molecular weight excluding hydrogens is 332 g/mol. The van der Waals surface area contributed by atoms with E-state index in [9.17, 15) is 9.59 Å². The second kappa shape index (κ2) is 8.74. The number of rotatable bonds is 3. The second-order valence-electron chi connectivity index (χ2n) is 5.23. The molecule has 0 amide bonds. The third-order valence-corrected chi connectivity index (χ3v) is 7.23. The standard InChI is InChI=1S/C10H15.2C3H2O2.CH3O.Ti/c1-7-6-10(4,5)9(3)8(7)2;2*1-2-3(4)5;1-2;/h1-5H3;2*1H,(H,4,5);1H3;/q;;;-1;+3/p-2. The molecule has 6 heteroatoms. The molecular formula is C17H20O5Ti. The van der Waals surface area contributed by atoms with Crippen LogP contribution in [0, 0.1) is 30.1 Å². The Labute approximate surface area is 144 Å². The van der Waals surface area contributed by atoms with Crippen molar-refractivity contribution in [2.24, 2.45) is 5.41 Å². The van der Waals surface area contributed by atoms with Gasteiger partial charge < -0.3 is 5.11 Å². The zero-order valence-corrected chi connectivity index (χ0v) is 15.8. The minimum Gasteiger partial charge on any atom is -0.857 e. The van der Waals surface area contributed by atoms with Crippen molar-refractivity contribution >= 4 is 11.9 Å². The fraction of sp³-hybridized carbons (Fsp3) is 0.412. The minimum absolute atomic E-state index is 0.354. The molecule has 5 nitrogen and oxygen atoms in total. The molecule has 0 aliphatic heterocycles. The van der Waals surface area contributed by atoms with E-state index in [1.165, 1.54) is 0 Å². The summed E-state index contributed by atoms with van der Waals surface area (Å²) in [5, 5.41) is 8.25. The zero-order chi connectivity index (χ0) is 18.4. The maximum Gasteiger partial charge on any atom is -0.153 e. The van der Waals surface area contributed by atoms with Crippen molar-refractivity contribution in [3.05, 3.63) is 20.6 Å². The third kappa shape index (κ3) is 4.59. The van der Waals surface area contributed by atoms with Gasteiger partial charge in [-0.05, 0) is 0 Å². The summed E-state index contributed by atoms with van der Waals surface area (Å²) in [6, 6.07) is 0. The van der Waals surface area contributed by atoms with Crippen LogP contribution in [0.2, 0.25) is 0 Å². The topological polar surface area (TPSA) is 75.7 Å². The fourth-order valence-electron chi connectivity index (χ4n) is 2.35. The van der Waals surface area contributed by atoms with E-state index in [1.54, 1.807) is 0 Å². The monoisotopic (exact) mass is 352 g/mol. The first-order chi connectivity index (χ1) is 10.7. The molecule has 0 radical (unpaired) electrons. The molecule has 0 bridgehead atoms. The van der Waals surface area contributed by atoms with Crippen LogP contribution in [0.1, 0.15) is 34.6 Å². The minimum atomic E-state index is -3.17. The van der Waals surface area contributed by atoms with Gasteiger partial charge in [0.05, 0.1) is 0 Å². The van der Waals surface area contributed by atoms with Gasteiger partial charge >= 0.3 is 132 Å². The number of hydrogen-bond acceptors (Lipinski definition) is 5. The van der Waals surface area contributed by atoms with Gasteiger partial charge in [0, 0.05) is 0 Å². The number of hydrogen-bond donors (Lipinski definition) is 0. The molecule has 0 fully saturated rings. The molecule has 23 heavy (non-hydrogen) atoms. The summed E-state index contributed by atoms with van der Waals surface area (Å²) in [5.74, 6) is 2.07. The Bertz CT molecular complexity index is 613. The Kier molecular flexibility index (Phi) is 8.07. The summed E-state index contributed by atoms with van der Waals surface area (Å²) < 4.78 is 11.3. The van der Waals surface area contributed by atoms with Crippen LogP contribution in [-0.2, 0) is 34.9 Å². The van der Waals surface area contributed by atoms with Crippen molar-refractivity contribution in [2.75, 3.05) is 7.11 Å². The molecule has 0 N–H and O–H groups in total. The van der Waals surface area contributed by atoms with Crippen molar-refractivity contribution in [3.8, 4) is 24.7 Å². The van der Waals surface area contributed by atoms with Gasteiger partial charge in [0.2, 0.25) is 0 Å². The molecule has 1 aliphatic rings. The summed E-state index contributed by atoms with van der Waals surface area (Å²) in [4.78, 5) is 22.9. The summed E-state index contributed by atoms with van der Waals surface area (Å²) >= 11 is -3.17. The van der Waals surface area contributed by atoms with Gasteiger partial charge in [-0.3, -0.25) is 0 Å². The Morgan fingerprint density at radius 2 is 1.39 bits per heavy atom. The second-order valence-corrected chi connectivity index (χ2v) is 7.55. The van der Waals surface area contributed by atoms with Crippen LogP contribution in [0.4, 0.5) is 0 Å². The Morgan fingerprint density at radius 3 is 1.65 bits per heavy atom. The third-order valence-electron chi connectivity index (χ3n) is 3.87. The SMILES string of the molecule is C#CC(=O)[O][Ti+]([O]C(=O)C#C)[C]1=C(C)C(C)=C(C)C1(C)C.C[O-]. The van der Waals surface area contributed by atoms with Crippen LogP contribution in [0.3, 0.4) is 0 Å². The average Bonchev–Trinajstić information content (AvgIpc) is 2.68. The Morgan fingerprint density at radius 1 is 1.00 bits per heavy atom. The maximum atomic E-state index is 11.4. The molecule has 0 spiro atoms. The van der Waals surface area contributed by atoms with Crippen molar-refractivity contribution in [1.29, 1.82) is 0 Å². The number of terminal acetylenes is 2. The molecule has 0 saturated carbocycles. The van der Waals surface area contributed by atoms with Crippen molar-refractivity contribution in [1.82, 2.24) is 0 Å². The van der Waals surface area contributed by atoms with Gasteiger partial charge in [-0.25, -0.2) is 0 Å². The summed E-state index contributed by atoms with van der Waals surface area (Å²) in [7, 11) is 0.750. The van der Waals surface area contributed by atoms with Crippen molar-refractivity contribution in [3.63, 3.8) is 0 Å². The molecule has 0 aromatic heterocycles. The van der Waals surface area contributed by atoms with E-state index in [2.05, 4.69) is 0 Å². The van der Waals surface area contributed by atoms with E-state index in [-0.39, 0.29) is 5.41 Å². The number of carbonyl (C=O) groups is 2. The smallest absolute Gasteiger partial charge is 0.153 e. The molecule has 0 saturated heterocycles. The molecule has 0 aromatic carbocycles. The largest absolute Gasteiger partial charge is 0.857 e. The van der Waals surface area contributed by atoms with Gasteiger partial charge in [0.1, 0.15) is 0 Å². The predicted molar refractivity (Wildman–Crippen MR) is 80.6 cm³/mol. The first-order valence-corrected chi connectivity index (χ1v) is 8.77. The van der Waals surface area contributed by atoms with E-state index in [0.29, 0.717) is 0 Å². The first-order valence-electron chi connectivity index (χ1n) is 6.71. The fourth-order valence-corrected chi connectivity index (χ4v) is 5.31. The van der Waals surface area contributed by atoms with Crippen LogP contribution in [0.5, 0.6) is 0 Å². The first kappa shape index (κ1) is 21.2. The molecule has 1 rings (SSSR count). The van der Waals surface area contributed by atoms with Gasteiger partial charge in [-0.2, -0.15) is 7.11 Å². The van der Waals surface area contributed by atoms with E-state index >= 15 is 0 Å². The average molecular weight is 352 g/mol. The van der Waals surface area contributed by atoms with Crippen LogP contribution in [-0.4, -0.2) is 19.0 Å². The number of allylic oxidation sites excluding steroid dienone is 4. The quantitative estimate of drug-likeness (QED) is 0.567.